The zero-order valence-electron chi connectivity index (χ0n) is 18.3. The summed E-state index contributed by atoms with van der Waals surface area (Å²) in [4.78, 5) is 12.6. The Kier molecular flexibility index (Phi) is 8.68. The average Bonchev–Trinajstić information content (AvgIpc) is 2.83. The molecule has 0 aliphatic heterocycles. The van der Waals surface area contributed by atoms with Gasteiger partial charge in [0.2, 0.25) is 0 Å². The van der Waals surface area contributed by atoms with Crippen LogP contribution in [0.25, 0.3) is 0 Å². The largest absolute Gasteiger partial charge is 0.493 e. The molecule has 0 aliphatic carbocycles. The number of hydrogen-bond donors (Lipinski definition) is 1. The Labute approximate surface area is 185 Å². The van der Waals surface area contributed by atoms with E-state index in [1.54, 1.807) is 12.1 Å². The van der Waals surface area contributed by atoms with E-state index in [1.165, 1.54) is 5.56 Å². The van der Waals surface area contributed by atoms with E-state index in [2.05, 4.69) is 30.4 Å². The van der Waals surface area contributed by atoms with E-state index in [9.17, 15) is 4.79 Å². The van der Waals surface area contributed by atoms with E-state index in [0.717, 1.165) is 24.2 Å². The minimum Gasteiger partial charge on any atom is -0.493 e. The van der Waals surface area contributed by atoms with E-state index >= 15 is 0 Å². The van der Waals surface area contributed by atoms with Gasteiger partial charge in [0.25, 0.3) is 0 Å². The highest BCUT2D eigenvalue weighted by molar-refractivity contribution is 5.89. The lowest BCUT2D eigenvalue weighted by molar-refractivity contribution is 0.0193. The lowest BCUT2D eigenvalue weighted by Gasteiger charge is -2.25. The third-order valence-corrected chi connectivity index (χ3v) is 5.25. The summed E-state index contributed by atoms with van der Waals surface area (Å²) in [5, 5.41) is 3.16. The Hall–Kier alpha value is -3.11. The molecular weight excluding hydrogens is 386 g/mol. The number of ether oxygens (including phenoxy) is 2. The van der Waals surface area contributed by atoms with E-state index < -0.39 is 6.23 Å². The molecule has 2 unspecified atom stereocenters. The van der Waals surface area contributed by atoms with E-state index in [0.29, 0.717) is 18.6 Å². The van der Waals surface area contributed by atoms with Gasteiger partial charge >= 0.3 is 5.97 Å². The van der Waals surface area contributed by atoms with Crippen molar-refractivity contribution >= 4 is 5.97 Å². The van der Waals surface area contributed by atoms with Crippen molar-refractivity contribution in [1.29, 1.82) is 0 Å². The Morgan fingerprint density at radius 1 is 0.903 bits per heavy atom. The minimum atomic E-state index is -0.401. The van der Waals surface area contributed by atoms with Crippen LogP contribution in [0.15, 0.2) is 84.9 Å². The van der Waals surface area contributed by atoms with Gasteiger partial charge in [-0.1, -0.05) is 73.7 Å². The van der Waals surface area contributed by atoms with Crippen LogP contribution in [0.3, 0.4) is 0 Å². The summed E-state index contributed by atoms with van der Waals surface area (Å²) in [6, 6.07) is 27.7. The molecule has 4 nitrogen and oxygen atoms in total. The summed E-state index contributed by atoms with van der Waals surface area (Å²) >= 11 is 0. The van der Waals surface area contributed by atoms with Gasteiger partial charge < -0.3 is 9.47 Å². The number of rotatable bonds is 11. The molecule has 3 aromatic rings. The first kappa shape index (κ1) is 22.6. The van der Waals surface area contributed by atoms with Gasteiger partial charge in [-0.25, -0.2) is 4.79 Å². The number of esters is 1. The highest BCUT2D eigenvalue weighted by Gasteiger charge is 2.22. The van der Waals surface area contributed by atoms with Crippen LogP contribution in [0.4, 0.5) is 0 Å². The molecule has 4 heteroatoms. The zero-order chi connectivity index (χ0) is 21.9. The maximum atomic E-state index is 12.6. The van der Waals surface area contributed by atoms with Gasteiger partial charge in [-0.05, 0) is 55.1 Å². The number of hydrogen-bond acceptors (Lipinski definition) is 4. The molecule has 0 saturated carbocycles. The van der Waals surface area contributed by atoms with Gasteiger partial charge in [-0.3, -0.25) is 5.32 Å². The number of para-hydroxylation sites is 1. The first-order chi connectivity index (χ1) is 15.2. The predicted molar refractivity (Wildman–Crippen MR) is 124 cm³/mol. The molecule has 0 amide bonds. The SMILES string of the molecule is CCCOc1ccccc1CC(CC(NC)OC(=O)c1ccccc1)c1ccccc1. The molecule has 3 aromatic carbocycles. The third kappa shape index (κ3) is 6.69. The van der Waals surface area contributed by atoms with Crippen LogP contribution in [-0.4, -0.2) is 25.9 Å². The third-order valence-electron chi connectivity index (χ3n) is 5.25. The lowest BCUT2D eigenvalue weighted by atomic mass is 9.88. The summed E-state index contributed by atoms with van der Waals surface area (Å²) in [6.45, 7) is 2.80. The molecule has 0 aromatic heterocycles. The smallest absolute Gasteiger partial charge is 0.339 e. The average molecular weight is 418 g/mol. The molecule has 0 fully saturated rings. The van der Waals surface area contributed by atoms with Crippen molar-refractivity contribution < 1.29 is 14.3 Å². The van der Waals surface area contributed by atoms with Gasteiger partial charge in [-0.2, -0.15) is 0 Å². The van der Waals surface area contributed by atoms with E-state index in [4.69, 9.17) is 9.47 Å². The van der Waals surface area contributed by atoms with Crippen LogP contribution in [0.2, 0.25) is 0 Å². The van der Waals surface area contributed by atoms with E-state index in [1.807, 2.05) is 61.6 Å². The van der Waals surface area contributed by atoms with Crippen molar-refractivity contribution in [3.8, 4) is 5.75 Å². The highest BCUT2D eigenvalue weighted by atomic mass is 16.6. The fourth-order valence-corrected chi connectivity index (χ4v) is 3.61. The Bertz CT molecular complexity index is 927. The number of carbonyl (C=O) groups is 1. The molecule has 162 valence electrons. The maximum Gasteiger partial charge on any atom is 0.339 e. The molecule has 0 bridgehead atoms. The Morgan fingerprint density at radius 2 is 1.55 bits per heavy atom. The van der Waals surface area contributed by atoms with Crippen molar-refractivity contribution in [1.82, 2.24) is 5.32 Å². The van der Waals surface area contributed by atoms with Crippen molar-refractivity contribution in [2.75, 3.05) is 13.7 Å². The van der Waals surface area contributed by atoms with Crippen LogP contribution in [0, 0.1) is 0 Å². The fraction of sp³-hybridized carbons (Fsp3) is 0.296. The highest BCUT2D eigenvalue weighted by Crippen LogP contribution is 2.30. The normalized spacial score (nSPS) is 12.7. The van der Waals surface area contributed by atoms with Gasteiger partial charge in [0.1, 0.15) is 5.75 Å². The summed E-state index contributed by atoms with van der Waals surface area (Å²) in [6.07, 6.45) is 2.02. The summed E-state index contributed by atoms with van der Waals surface area (Å²) in [5.41, 5.74) is 2.93. The number of benzene rings is 3. The van der Waals surface area contributed by atoms with Gasteiger partial charge in [0.05, 0.1) is 12.2 Å². The van der Waals surface area contributed by atoms with Crippen molar-refractivity contribution in [3.05, 3.63) is 102 Å². The van der Waals surface area contributed by atoms with Gasteiger partial charge in [0.15, 0.2) is 6.23 Å². The second-order valence-electron chi connectivity index (χ2n) is 7.55. The second-order valence-corrected chi connectivity index (χ2v) is 7.55. The minimum absolute atomic E-state index is 0.161. The summed E-state index contributed by atoms with van der Waals surface area (Å²) in [7, 11) is 1.82. The second kappa shape index (κ2) is 11.9. The first-order valence-corrected chi connectivity index (χ1v) is 10.9. The molecule has 0 heterocycles. The van der Waals surface area contributed by atoms with E-state index in [-0.39, 0.29) is 11.9 Å². The van der Waals surface area contributed by atoms with Gasteiger partial charge in [-0.15, -0.1) is 0 Å². The van der Waals surface area contributed by atoms with Crippen LogP contribution in [0.5, 0.6) is 5.75 Å². The molecule has 0 radical (unpaired) electrons. The molecule has 0 spiro atoms. The van der Waals surface area contributed by atoms with Crippen molar-refractivity contribution in [2.45, 2.75) is 38.3 Å². The molecule has 3 rings (SSSR count). The van der Waals surface area contributed by atoms with Crippen molar-refractivity contribution in [2.24, 2.45) is 0 Å². The van der Waals surface area contributed by atoms with Crippen LogP contribution < -0.4 is 10.1 Å². The van der Waals surface area contributed by atoms with Crippen molar-refractivity contribution in [3.63, 3.8) is 0 Å². The van der Waals surface area contributed by atoms with Crippen LogP contribution in [-0.2, 0) is 11.2 Å². The Balaban J connectivity index is 1.79. The fourth-order valence-electron chi connectivity index (χ4n) is 3.61. The van der Waals surface area contributed by atoms with Crippen LogP contribution in [0.1, 0.15) is 47.2 Å². The molecule has 2 atom stereocenters. The number of carbonyl (C=O) groups excluding carboxylic acids is 1. The molecule has 0 aliphatic rings. The molecule has 1 N–H and O–H groups in total. The monoisotopic (exact) mass is 417 g/mol. The quantitative estimate of drug-likeness (QED) is 0.326. The maximum absolute atomic E-state index is 12.6. The van der Waals surface area contributed by atoms with Gasteiger partial charge in [0, 0.05) is 6.42 Å². The molecule has 31 heavy (non-hydrogen) atoms. The lowest BCUT2D eigenvalue weighted by Crippen LogP contribution is -2.33. The molecule has 0 saturated heterocycles. The molecular formula is C27H31NO3. The summed E-state index contributed by atoms with van der Waals surface area (Å²) in [5.74, 6) is 0.764. The summed E-state index contributed by atoms with van der Waals surface area (Å²) < 4.78 is 11.8. The topological polar surface area (TPSA) is 47.6 Å². The Morgan fingerprint density at radius 3 is 2.23 bits per heavy atom. The first-order valence-electron chi connectivity index (χ1n) is 10.9. The zero-order valence-corrected chi connectivity index (χ0v) is 18.3. The number of nitrogens with one attached hydrogen (secondary N) is 1. The predicted octanol–water partition coefficient (Wildman–Crippen LogP) is 5.59. The van der Waals surface area contributed by atoms with Crippen LogP contribution >= 0.6 is 0 Å². The standard InChI is InChI=1S/C27H31NO3/c1-3-18-30-25-17-11-10-16-23(25)19-24(21-12-6-4-7-13-21)20-26(28-2)31-27(29)22-14-8-5-9-15-22/h4-17,24,26,28H,3,18-20H2,1-2H3.